The molecule has 0 spiro atoms. The third-order valence-electron chi connectivity index (χ3n) is 3.53. The van der Waals surface area contributed by atoms with Crippen LogP contribution in [0.15, 0.2) is 40.9 Å². The van der Waals surface area contributed by atoms with E-state index in [9.17, 15) is 14.9 Å². The van der Waals surface area contributed by atoms with Gasteiger partial charge in [0.15, 0.2) is 5.11 Å². The van der Waals surface area contributed by atoms with Crippen LogP contribution in [0.2, 0.25) is 0 Å². The van der Waals surface area contributed by atoms with Crippen LogP contribution < -0.4 is 20.1 Å². The Kier molecular flexibility index (Phi) is 7.70. The van der Waals surface area contributed by atoms with E-state index < -0.39 is 10.8 Å². The molecule has 2 aromatic rings. The van der Waals surface area contributed by atoms with Crippen molar-refractivity contribution in [1.29, 1.82) is 0 Å². The van der Waals surface area contributed by atoms with Gasteiger partial charge >= 0.3 is 0 Å². The van der Waals surface area contributed by atoms with Gasteiger partial charge in [0, 0.05) is 11.6 Å². The number of ether oxygens (including phenoxy) is 2. The van der Waals surface area contributed by atoms with Crippen molar-refractivity contribution in [2.75, 3.05) is 19.0 Å². The Bertz CT molecular complexity index is 907. The average molecular weight is 468 g/mol. The fourth-order valence-corrected chi connectivity index (χ4v) is 2.89. The molecule has 0 aromatic heterocycles. The maximum absolute atomic E-state index is 12.4. The molecule has 0 aliphatic rings. The number of hydrogen-bond donors (Lipinski definition) is 2. The summed E-state index contributed by atoms with van der Waals surface area (Å²) in [6.45, 7) is 2.58. The highest BCUT2D eigenvalue weighted by atomic mass is 79.9. The van der Waals surface area contributed by atoms with Crippen molar-refractivity contribution in [1.82, 2.24) is 5.32 Å². The quantitative estimate of drug-likeness (QED) is 0.355. The number of hydrogen-bond acceptors (Lipinski definition) is 6. The van der Waals surface area contributed by atoms with Gasteiger partial charge in [0.25, 0.3) is 11.6 Å². The van der Waals surface area contributed by atoms with Crippen LogP contribution in [0.4, 0.5) is 11.4 Å². The maximum atomic E-state index is 12.4. The number of nitro benzene ring substituents is 1. The number of methoxy groups -OCH3 is 1. The average Bonchev–Trinajstić information content (AvgIpc) is 2.66. The van der Waals surface area contributed by atoms with Crippen LogP contribution in [0.25, 0.3) is 0 Å². The van der Waals surface area contributed by atoms with E-state index in [0.29, 0.717) is 28.1 Å². The Morgan fingerprint density at radius 1 is 1.25 bits per heavy atom. The zero-order valence-electron chi connectivity index (χ0n) is 15.2. The van der Waals surface area contributed by atoms with E-state index in [1.165, 1.54) is 25.3 Å². The lowest BCUT2D eigenvalue weighted by atomic mass is 10.2. The molecule has 0 radical (unpaired) electrons. The first-order valence-electron chi connectivity index (χ1n) is 8.22. The minimum atomic E-state index is -0.530. The van der Waals surface area contributed by atoms with E-state index in [1.54, 1.807) is 18.2 Å². The smallest absolute Gasteiger partial charge is 0.273 e. The van der Waals surface area contributed by atoms with E-state index in [0.717, 1.165) is 6.42 Å². The van der Waals surface area contributed by atoms with Gasteiger partial charge in [-0.25, -0.2) is 0 Å². The molecule has 0 fully saturated rings. The molecule has 2 N–H and O–H groups in total. The Hall–Kier alpha value is -2.72. The molecule has 0 heterocycles. The van der Waals surface area contributed by atoms with Crippen LogP contribution in [-0.2, 0) is 0 Å². The first-order valence-corrected chi connectivity index (χ1v) is 9.43. The van der Waals surface area contributed by atoms with Gasteiger partial charge in [0.2, 0.25) is 0 Å². The number of benzene rings is 2. The lowest BCUT2D eigenvalue weighted by molar-refractivity contribution is -0.384. The molecule has 0 saturated heterocycles. The van der Waals surface area contributed by atoms with Gasteiger partial charge in [-0.3, -0.25) is 20.2 Å². The number of nitrogens with zero attached hydrogens (tertiary/aromatic N) is 1. The molecule has 28 heavy (non-hydrogen) atoms. The summed E-state index contributed by atoms with van der Waals surface area (Å²) >= 11 is 8.53. The van der Waals surface area contributed by atoms with Crippen LogP contribution in [-0.4, -0.2) is 29.7 Å². The van der Waals surface area contributed by atoms with Crippen molar-refractivity contribution in [2.24, 2.45) is 0 Å². The van der Waals surface area contributed by atoms with Gasteiger partial charge in [0.05, 0.1) is 34.9 Å². The SMILES string of the molecule is CCCOc1ccc(C(=O)NC(=S)Nc2ccc([N+](=O)[O-])cc2OC)cc1Br. The van der Waals surface area contributed by atoms with Crippen LogP contribution in [0.1, 0.15) is 23.7 Å². The van der Waals surface area contributed by atoms with Crippen molar-refractivity contribution in [3.63, 3.8) is 0 Å². The molecule has 2 rings (SSSR count). The number of halogens is 1. The van der Waals surface area contributed by atoms with E-state index in [-0.39, 0.29) is 16.5 Å². The fourth-order valence-electron chi connectivity index (χ4n) is 2.20. The zero-order chi connectivity index (χ0) is 20.7. The van der Waals surface area contributed by atoms with Crippen molar-refractivity contribution < 1.29 is 19.2 Å². The van der Waals surface area contributed by atoms with Gasteiger partial charge in [0.1, 0.15) is 11.5 Å². The Labute approximate surface area is 175 Å². The summed E-state index contributed by atoms with van der Waals surface area (Å²) in [7, 11) is 1.38. The Morgan fingerprint density at radius 2 is 2.00 bits per heavy atom. The number of amides is 1. The second-order valence-electron chi connectivity index (χ2n) is 5.54. The van der Waals surface area contributed by atoms with Crippen molar-refractivity contribution >= 4 is 50.5 Å². The highest BCUT2D eigenvalue weighted by Crippen LogP contribution is 2.29. The third kappa shape index (κ3) is 5.64. The highest BCUT2D eigenvalue weighted by molar-refractivity contribution is 9.10. The summed E-state index contributed by atoms with van der Waals surface area (Å²) in [6, 6.07) is 8.98. The van der Waals surface area contributed by atoms with Crippen LogP contribution in [0.3, 0.4) is 0 Å². The number of nitrogens with one attached hydrogen (secondary N) is 2. The predicted octanol–water partition coefficient (Wildman–Crippen LogP) is 4.28. The second kappa shape index (κ2) is 10.00. The first-order chi connectivity index (χ1) is 13.3. The molecule has 0 bridgehead atoms. The summed E-state index contributed by atoms with van der Waals surface area (Å²) in [4.78, 5) is 22.7. The fraction of sp³-hybridized carbons (Fsp3) is 0.222. The summed E-state index contributed by atoms with van der Waals surface area (Å²) in [6.07, 6.45) is 0.876. The minimum absolute atomic E-state index is 0.0274. The number of anilines is 1. The summed E-state index contributed by atoms with van der Waals surface area (Å²) < 4.78 is 11.3. The third-order valence-corrected chi connectivity index (χ3v) is 4.35. The normalized spacial score (nSPS) is 10.1. The molecule has 0 atom stereocenters. The lowest BCUT2D eigenvalue weighted by Gasteiger charge is -2.13. The molecule has 8 nitrogen and oxygen atoms in total. The van der Waals surface area contributed by atoms with E-state index >= 15 is 0 Å². The standard InChI is InChI=1S/C18H18BrN3O5S/c1-3-8-27-15-7-4-11(9-13(15)19)17(23)21-18(28)20-14-6-5-12(22(24)25)10-16(14)26-2/h4-7,9-10H,3,8H2,1-2H3,(H2,20,21,23,28). The summed E-state index contributed by atoms with van der Waals surface area (Å²) in [5, 5.41) is 16.2. The van der Waals surface area contributed by atoms with Gasteiger partial charge < -0.3 is 14.8 Å². The maximum Gasteiger partial charge on any atom is 0.273 e. The number of nitro groups is 1. The molecule has 0 aliphatic heterocycles. The van der Waals surface area contributed by atoms with Gasteiger partial charge in [-0.1, -0.05) is 6.92 Å². The van der Waals surface area contributed by atoms with Crippen molar-refractivity contribution in [3.05, 3.63) is 56.5 Å². The van der Waals surface area contributed by atoms with E-state index in [4.69, 9.17) is 21.7 Å². The number of carbonyl (C=O) groups is 1. The molecule has 0 saturated carbocycles. The van der Waals surface area contributed by atoms with E-state index in [1.807, 2.05) is 6.92 Å². The zero-order valence-corrected chi connectivity index (χ0v) is 17.6. The van der Waals surface area contributed by atoms with Crippen LogP contribution in [0.5, 0.6) is 11.5 Å². The molecule has 10 heteroatoms. The lowest BCUT2D eigenvalue weighted by Crippen LogP contribution is -2.34. The molecule has 0 aliphatic carbocycles. The number of rotatable bonds is 7. The van der Waals surface area contributed by atoms with Gasteiger partial charge in [-0.15, -0.1) is 0 Å². The molecule has 0 unspecified atom stereocenters. The van der Waals surface area contributed by atoms with Gasteiger partial charge in [-0.2, -0.15) is 0 Å². The largest absolute Gasteiger partial charge is 0.494 e. The Balaban J connectivity index is 2.06. The first kappa shape index (κ1) is 21.6. The summed E-state index contributed by atoms with van der Waals surface area (Å²) in [5.74, 6) is 0.460. The molecular weight excluding hydrogens is 450 g/mol. The highest BCUT2D eigenvalue weighted by Gasteiger charge is 2.14. The van der Waals surface area contributed by atoms with Crippen LogP contribution >= 0.6 is 28.1 Å². The predicted molar refractivity (Wildman–Crippen MR) is 113 cm³/mol. The van der Waals surface area contributed by atoms with E-state index in [2.05, 4.69) is 26.6 Å². The van der Waals surface area contributed by atoms with Crippen molar-refractivity contribution in [2.45, 2.75) is 13.3 Å². The number of thiocarbonyl (C=S) groups is 1. The number of non-ortho nitro benzene ring substituents is 1. The molecular formula is C18H18BrN3O5S. The molecule has 148 valence electrons. The number of carbonyl (C=O) groups excluding carboxylic acids is 1. The minimum Gasteiger partial charge on any atom is -0.494 e. The molecule has 2 aromatic carbocycles. The van der Waals surface area contributed by atoms with Crippen LogP contribution in [0, 0.1) is 10.1 Å². The topological polar surface area (TPSA) is 103 Å². The monoisotopic (exact) mass is 467 g/mol. The van der Waals surface area contributed by atoms with Crippen molar-refractivity contribution in [3.8, 4) is 11.5 Å². The van der Waals surface area contributed by atoms with Gasteiger partial charge in [-0.05, 0) is 58.8 Å². The molecule has 1 amide bonds. The summed E-state index contributed by atoms with van der Waals surface area (Å²) in [5.41, 5.74) is 0.658. The Morgan fingerprint density at radius 3 is 2.61 bits per heavy atom. The second-order valence-corrected chi connectivity index (χ2v) is 6.81.